The molecule has 3 rings (SSSR count). The predicted octanol–water partition coefficient (Wildman–Crippen LogP) is 3.25. The first-order valence-corrected chi connectivity index (χ1v) is 6.64. The molecule has 0 saturated carbocycles. The fourth-order valence-corrected chi connectivity index (χ4v) is 2.48. The minimum atomic E-state index is -0.999. The third kappa shape index (κ3) is 2.50. The molecule has 0 aliphatic carbocycles. The molecular formula is C17H12FNO2. The van der Waals surface area contributed by atoms with E-state index in [2.05, 4.69) is 0 Å². The van der Waals surface area contributed by atoms with Crippen molar-refractivity contribution in [3.63, 3.8) is 0 Å². The minimum absolute atomic E-state index is 0.321. The quantitative estimate of drug-likeness (QED) is 0.811. The number of ketones is 1. The van der Waals surface area contributed by atoms with E-state index in [1.807, 2.05) is 6.07 Å². The van der Waals surface area contributed by atoms with Gasteiger partial charge in [0.25, 0.3) is 0 Å². The van der Waals surface area contributed by atoms with E-state index in [0.29, 0.717) is 17.7 Å². The van der Waals surface area contributed by atoms with Crippen molar-refractivity contribution in [1.29, 1.82) is 5.26 Å². The van der Waals surface area contributed by atoms with E-state index < -0.39 is 11.7 Å². The number of carbonyl (C=O) groups is 1. The first-order chi connectivity index (χ1) is 10.2. The van der Waals surface area contributed by atoms with Gasteiger partial charge in [0.2, 0.25) is 0 Å². The van der Waals surface area contributed by atoms with Crippen molar-refractivity contribution in [2.24, 2.45) is 0 Å². The van der Waals surface area contributed by atoms with Crippen LogP contribution in [0.3, 0.4) is 0 Å². The summed E-state index contributed by atoms with van der Waals surface area (Å²) in [5, 5.41) is 9.28. The highest BCUT2D eigenvalue weighted by Crippen LogP contribution is 2.28. The highest BCUT2D eigenvalue weighted by molar-refractivity contribution is 6.03. The Balaban J connectivity index is 1.95. The first kappa shape index (κ1) is 13.3. The normalized spacial score (nSPS) is 13.9. The molecule has 0 radical (unpaired) electrons. The number of hydrogen-bond acceptors (Lipinski definition) is 3. The van der Waals surface area contributed by atoms with Crippen LogP contribution < -0.4 is 4.74 Å². The number of ether oxygens (including phenoxy) is 1. The van der Waals surface area contributed by atoms with E-state index in [1.54, 1.807) is 24.3 Å². The van der Waals surface area contributed by atoms with Crippen molar-refractivity contribution in [3.8, 4) is 11.8 Å². The highest BCUT2D eigenvalue weighted by Gasteiger charge is 2.24. The van der Waals surface area contributed by atoms with Crippen LogP contribution in [0, 0.1) is 17.1 Å². The van der Waals surface area contributed by atoms with E-state index in [0.717, 1.165) is 17.7 Å². The summed E-state index contributed by atoms with van der Waals surface area (Å²) in [5.41, 5.74) is 1.80. The van der Waals surface area contributed by atoms with Crippen molar-refractivity contribution >= 4 is 5.78 Å². The minimum Gasteiger partial charge on any atom is -0.493 e. The van der Waals surface area contributed by atoms with Gasteiger partial charge in [-0.15, -0.1) is 0 Å². The second kappa shape index (κ2) is 5.37. The number of carbonyl (C=O) groups excluding carboxylic acids is 1. The molecule has 4 heteroatoms. The van der Waals surface area contributed by atoms with E-state index in [-0.39, 0.29) is 5.78 Å². The average Bonchev–Trinajstić information content (AvgIpc) is 2.95. The second-order valence-electron chi connectivity index (χ2n) is 4.90. The molecule has 0 spiro atoms. The maximum atomic E-state index is 13.3. The Morgan fingerprint density at radius 1 is 1.29 bits per heavy atom. The van der Waals surface area contributed by atoms with Crippen LogP contribution in [-0.2, 0) is 6.42 Å². The van der Waals surface area contributed by atoms with Crippen molar-refractivity contribution in [2.75, 3.05) is 6.61 Å². The standard InChI is InChI=1S/C17H12FNO2/c18-14-3-1-2-11(9-14)15(10-19)17(20)13-4-5-16-12(8-13)6-7-21-16/h1-5,8-9,15H,6-7H2. The third-order valence-electron chi connectivity index (χ3n) is 3.55. The van der Waals surface area contributed by atoms with E-state index in [4.69, 9.17) is 4.74 Å². The molecule has 1 heterocycles. The van der Waals surface area contributed by atoms with Crippen LogP contribution in [0.25, 0.3) is 0 Å². The molecule has 0 amide bonds. The van der Waals surface area contributed by atoms with Gasteiger partial charge in [0.1, 0.15) is 17.5 Å². The van der Waals surface area contributed by atoms with Gasteiger partial charge in [0.05, 0.1) is 12.7 Å². The number of halogens is 1. The number of nitriles is 1. The molecule has 1 unspecified atom stereocenters. The van der Waals surface area contributed by atoms with Gasteiger partial charge in [-0.25, -0.2) is 4.39 Å². The predicted molar refractivity (Wildman–Crippen MR) is 74.7 cm³/mol. The first-order valence-electron chi connectivity index (χ1n) is 6.64. The fourth-order valence-electron chi connectivity index (χ4n) is 2.48. The largest absolute Gasteiger partial charge is 0.493 e. The molecule has 1 aliphatic heterocycles. The van der Waals surface area contributed by atoms with Gasteiger partial charge >= 0.3 is 0 Å². The number of benzene rings is 2. The van der Waals surface area contributed by atoms with Gasteiger partial charge in [-0.3, -0.25) is 4.79 Å². The van der Waals surface area contributed by atoms with Crippen LogP contribution in [0.1, 0.15) is 27.4 Å². The van der Waals surface area contributed by atoms with Crippen LogP contribution in [0.4, 0.5) is 4.39 Å². The number of Topliss-reactive ketones (excluding diaryl/α,β-unsaturated/α-hetero) is 1. The van der Waals surface area contributed by atoms with Gasteiger partial charge in [-0.2, -0.15) is 5.26 Å². The van der Waals surface area contributed by atoms with E-state index >= 15 is 0 Å². The molecule has 0 saturated heterocycles. The van der Waals surface area contributed by atoms with E-state index in [1.165, 1.54) is 18.2 Å². The molecule has 2 aromatic carbocycles. The third-order valence-corrected chi connectivity index (χ3v) is 3.55. The Kier molecular flexibility index (Phi) is 3.41. The Morgan fingerprint density at radius 2 is 2.14 bits per heavy atom. The number of rotatable bonds is 3. The number of fused-ring (bicyclic) bond motifs is 1. The molecule has 2 aromatic rings. The molecule has 0 fully saturated rings. The molecule has 21 heavy (non-hydrogen) atoms. The zero-order valence-corrected chi connectivity index (χ0v) is 11.2. The summed E-state index contributed by atoms with van der Waals surface area (Å²) in [5.74, 6) is -0.993. The molecule has 0 N–H and O–H groups in total. The summed E-state index contributed by atoms with van der Waals surface area (Å²) >= 11 is 0. The van der Waals surface area contributed by atoms with Crippen molar-refractivity contribution in [2.45, 2.75) is 12.3 Å². The summed E-state index contributed by atoms with van der Waals surface area (Å²) in [6.07, 6.45) is 0.758. The second-order valence-corrected chi connectivity index (χ2v) is 4.90. The van der Waals surface area contributed by atoms with Gasteiger partial charge in [-0.05, 0) is 41.5 Å². The topological polar surface area (TPSA) is 50.1 Å². The van der Waals surface area contributed by atoms with E-state index in [9.17, 15) is 14.4 Å². The highest BCUT2D eigenvalue weighted by atomic mass is 19.1. The lowest BCUT2D eigenvalue weighted by molar-refractivity contribution is 0.0978. The van der Waals surface area contributed by atoms with Crippen molar-refractivity contribution in [3.05, 3.63) is 65.0 Å². The number of nitrogens with zero attached hydrogens (tertiary/aromatic N) is 1. The van der Waals surface area contributed by atoms with Gasteiger partial charge in [0, 0.05) is 12.0 Å². The summed E-state index contributed by atoms with van der Waals surface area (Å²) in [6, 6.07) is 12.7. The lowest BCUT2D eigenvalue weighted by atomic mass is 9.91. The van der Waals surface area contributed by atoms with Crippen molar-refractivity contribution in [1.82, 2.24) is 0 Å². The molecule has 0 bridgehead atoms. The SMILES string of the molecule is N#CC(C(=O)c1ccc2c(c1)CCO2)c1cccc(F)c1. The van der Waals surface area contributed by atoms with Crippen molar-refractivity contribution < 1.29 is 13.9 Å². The summed E-state index contributed by atoms with van der Waals surface area (Å²) in [6.45, 7) is 0.610. The average molecular weight is 281 g/mol. The van der Waals surface area contributed by atoms with Gasteiger partial charge < -0.3 is 4.74 Å². The fraction of sp³-hybridized carbons (Fsp3) is 0.176. The number of hydrogen-bond donors (Lipinski definition) is 0. The Hall–Kier alpha value is -2.67. The summed E-state index contributed by atoms with van der Waals surface area (Å²) in [4.78, 5) is 12.5. The molecular weight excluding hydrogens is 269 g/mol. The molecule has 104 valence electrons. The summed E-state index contributed by atoms with van der Waals surface area (Å²) in [7, 11) is 0. The smallest absolute Gasteiger partial charge is 0.184 e. The lowest BCUT2D eigenvalue weighted by Gasteiger charge is -2.09. The maximum Gasteiger partial charge on any atom is 0.184 e. The van der Waals surface area contributed by atoms with Crippen LogP contribution in [-0.4, -0.2) is 12.4 Å². The van der Waals surface area contributed by atoms with Crippen LogP contribution in [0.2, 0.25) is 0 Å². The monoisotopic (exact) mass is 281 g/mol. The van der Waals surface area contributed by atoms with Crippen LogP contribution in [0.15, 0.2) is 42.5 Å². The zero-order valence-electron chi connectivity index (χ0n) is 11.2. The van der Waals surface area contributed by atoms with Crippen LogP contribution >= 0.6 is 0 Å². The summed E-state index contributed by atoms with van der Waals surface area (Å²) < 4.78 is 18.7. The lowest BCUT2D eigenvalue weighted by Crippen LogP contribution is -2.11. The van der Waals surface area contributed by atoms with Crippen LogP contribution in [0.5, 0.6) is 5.75 Å². The van der Waals surface area contributed by atoms with Gasteiger partial charge in [-0.1, -0.05) is 12.1 Å². The molecule has 1 atom stereocenters. The Bertz CT molecular complexity index is 749. The Morgan fingerprint density at radius 3 is 2.90 bits per heavy atom. The molecule has 3 nitrogen and oxygen atoms in total. The Labute approximate surface area is 121 Å². The molecule has 1 aliphatic rings. The molecule has 0 aromatic heterocycles. The maximum absolute atomic E-state index is 13.3. The van der Waals surface area contributed by atoms with Gasteiger partial charge in [0.15, 0.2) is 5.78 Å². The zero-order chi connectivity index (χ0) is 14.8.